The van der Waals surface area contributed by atoms with Crippen LogP contribution in [0.1, 0.15) is 27.2 Å². The minimum Gasteiger partial charge on any atom is -0.394 e. The maximum atomic E-state index is 11.4. The fourth-order valence-corrected chi connectivity index (χ4v) is 2.09. The molecule has 2 rings (SSSR count). The summed E-state index contributed by atoms with van der Waals surface area (Å²) in [7, 11) is 0. The van der Waals surface area contributed by atoms with Crippen LogP contribution in [-0.4, -0.2) is 61.6 Å². The molecule has 4 atom stereocenters. The standard InChI is InChI=1S/C10H14N4O6/c11-8(18)4-5(9(12)19)14(2-13-4)10-7(17)6(16)3(1-15)20-10/h2-3,6-7,10,15-17H,1H2,(H2,11,18)(H2,12,19). The van der Waals surface area contributed by atoms with Gasteiger partial charge in [-0.3, -0.25) is 14.2 Å². The van der Waals surface area contributed by atoms with Crippen LogP contribution >= 0.6 is 0 Å². The van der Waals surface area contributed by atoms with E-state index in [9.17, 15) is 19.8 Å². The summed E-state index contributed by atoms with van der Waals surface area (Å²) in [5.74, 6) is -1.96. The van der Waals surface area contributed by atoms with E-state index in [0.717, 1.165) is 10.9 Å². The topological polar surface area (TPSA) is 174 Å². The van der Waals surface area contributed by atoms with E-state index in [2.05, 4.69) is 4.98 Å². The van der Waals surface area contributed by atoms with Crippen molar-refractivity contribution in [3.8, 4) is 0 Å². The molecule has 110 valence electrons. The summed E-state index contributed by atoms with van der Waals surface area (Å²) in [5, 5.41) is 28.5. The van der Waals surface area contributed by atoms with Crippen LogP contribution in [0.15, 0.2) is 6.33 Å². The molecule has 2 amide bonds. The number of carbonyl (C=O) groups excluding carboxylic acids is 2. The maximum Gasteiger partial charge on any atom is 0.269 e. The average molecular weight is 286 g/mol. The van der Waals surface area contributed by atoms with Gasteiger partial charge >= 0.3 is 0 Å². The van der Waals surface area contributed by atoms with Crippen molar-refractivity contribution in [3.05, 3.63) is 17.7 Å². The van der Waals surface area contributed by atoms with E-state index in [1.165, 1.54) is 0 Å². The van der Waals surface area contributed by atoms with Crippen LogP contribution < -0.4 is 11.5 Å². The van der Waals surface area contributed by atoms with E-state index in [-0.39, 0.29) is 11.4 Å². The minimum absolute atomic E-state index is 0.340. The summed E-state index contributed by atoms with van der Waals surface area (Å²) in [6.45, 7) is -0.530. The zero-order valence-corrected chi connectivity index (χ0v) is 10.2. The van der Waals surface area contributed by atoms with Crippen molar-refractivity contribution in [1.29, 1.82) is 0 Å². The Hall–Kier alpha value is -2.01. The van der Waals surface area contributed by atoms with E-state index in [1.54, 1.807) is 0 Å². The van der Waals surface area contributed by atoms with Gasteiger partial charge in [-0.25, -0.2) is 4.98 Å². The number of aromatic nitrogens is 2. The quantitative estimate of drug-likeness (QED) is 0.385. The highest BCUT2D eigenvalue weighted by Gasteiger charge is 2.44. The predicted octanol–water partition coefficient (Wildman–Crippen LogP) is -3.31. The molecule has 0 aliphatic carbocycles. The summed E-state index contributed by atoms with van der Waals surface area (Å²) in [5.41, 5.74) is 9.51. The first-order valence-electron chi connectivity index (χ1n) is 5.67. The lowest BCUT2D eigenvalue weighted by molar-refractivity contribution is -0.0534. The Morgan fingerprint density at radius 1 is 1.30 bits per heavy atom. The number of primary amides is 2. The molecule has 0 radical (unpaired) electrons. The second kappa shape index (κ2) is 5.17. The first-order chi connectivity index (χ1) is 9.38. The number of nitrogens with zero attached hydrogens (tertiary/aromatic N) is 2. The van der Waals surface area contributed by atoms with Crippen molar-refractivity contribution in [1.82, 2.24) is 9.55 Å². The van der Waals surface area contributed by atoms with Crippen LogP contribution in [0.4, 0.5) is 0 Å². The first kappa shape index (κ1) is 14.4. The Bertz CT molecular complexity index is 544. The van der Waals surface area contributed by atoms with Crippen LogP contribution in [0.2, 0.25) is 0 Å². The van der Waals surface area contributed by atoms with Gasteiger partial charge in [-0.1, -0.05) is 0 Å². The van der Waals surface area contributed by atoms with Crippen molar-refractivity contribution in [2.45, 2.75) is 24.5 Å². The largest absolute Gasteiger partial charge is 0.394 e. The molecule has 10 nitrogen and oxygen atoms in total. The molecule has 1 saturated heterocycles. The number of aliphatic hydroxyl groups excluding tert-OH is 3. The van der Waals surface area contributed by atoms with Gasteiger partial charge in [0.05, 0.1) is 12.9 Å². The number of ether oxygens (including phenoxy) is 1. The van der Waals surface area contributed by atoms with Crippen LogP contribution in [0.25, 0.3) is 0 Å². The molecule has 0 saturated carbocycles. The van der Waals surface area contributed by atoms with E-state index in [4.69, 9.17) is 21.3 Å². The first-order valence-corrected chi connectivity index (χ1v) is 5.67. The Kier molecular flexibility index (Phi) is 3.72. The predicted molar refractivity (Wildman–Crippen MR) is 62.3 cm³/mol. The number of carbonyl (C=O) groups is 2. The number of amides is 2. The molecule has 0 spiro atoms. The van der Waals surface area contributed by atoms with E-state index in [1.807, 2.05) is 0 Å². The lowest BCUT2D eigenvalue weighted by atomic mass is 10.1. The zero-order chi connectivity index (χ0) is 15.0. The molecule has 0 bridgehead atoms. The summed E-state index contributed by atoms with van der Waals surface area (Å²) in [6, 6.07) is 0. The lowest BCUT2D eigenvalue weighted by Crippen LogP contribution is -2.34. The number of nitrogens with two attached hydrogens (primary N) is 2. The van der Waals surface area contributed by atoms with Crippen LogP contribution in [0.3, 0.4) is 0 Å². The number of hydrogen-bond donors (Lipinski definition) is 5. The van der Waals surface area contributed by atoms with E-state index in [0.29, 0.717) is 0 Å². The molecule has 1 aliphatic heterocycles. The zero-order valence-electron chi connectivity index (χ0n) is 10.2. The summed E-state index contributed by atoms with van der Waals surface area (Å²) in [4.78, 5) is 26.2. The highest BCUT2D eigenvalue weighted by atomic mass is 16.6. The van der Waals surface area contributed by atoms with Crippen molar-refractivity contribution in [2.24, 2.45) is 11.5 Å². The van der Waals surface area contributed by atoms with E-state index >= 15 is 0 Å². The summed E-state index contributed by atoms with van der Waals surface area (Å²) >= 11 is 0. The van der Waals surface area contributed by atoms with E-state index < -0.39 is 43.0 Å². The van der Waals surface area contributed by atoms with Crippen molar-refractivity contribution >= 4 is 11.8 Å². The highest BCUT2D eigenvalue weighted by molar-refractivity contribution is 6.03. The molecule has 1 aliphatic rings. The molecule has 1 fully saturated rings. The van der Waals surface area contributed by atoms with Gasteiger partial charge in [0.15, 0.2) is 11.9 Å². The van der Waals surface area contributed by atoms with Crippen molar-refractivity contribution in [3.63, 3.8) is 0 Å². The van der Waals surface area contributed by atoms with Crippen molar-refractivity contribution < 1.29 is 29.6 Å². The lowest BCUT2D eigenvalue weighted by Gasteiger charge is -2.17. The number of hydrogen-bond acceptors (Lipinski definition) is 7. The SMILES string of the molecule is NC(=O)c1ncn(C2OC(CO)C(O)C2O)c1C(N)=O. The minimum atomic E-state index is -1.43. The maximum absolute atomic E-state index is 11.4. The molecular weight excluding hydrogens is 272 g/mol. The Labute approximate surface area is 112 Å². The average Bonchev–Trinajstić information content (AvgIpc) is 2.93. The van der Waals surface area contributed by atoms with Crippen molar-refractivity contribution in [2.75, 3.05) is 6.61 Å². The molecular formula is C10H14N4O6. The molecule has 4 unspecified atom stereocenters. The van der Waals surface area contributed by atoms with Gasteiger partial charge in [0.1, 0.15) is 24.0 Å². The third kappa shape index (κ3) is 2.14. The highest BCUT2D eigenvalue weighted by Crippen LogP contribution is 2.30. The van der Waals surface area contributed by atoms with Crippen LogP contribution in [0, 0.1) is 0 Å². The van der Waals surface area contributed by atoms with Gasteiger partial charge in [-0.15, -0.1) is 0 Å². The molecule has 20 heavy (non-hydrogen) atoms. The second-order valence-corrected chi connectivity index (χ2v) is 4.31. The van der Waals surface area contributed by atoms with Crippen LogP contribution in [0.5, 0.6) is 0 Å². The fourth-order valence-electron chi connectivity index (χ4n) is 2.09. The Morgan fingerprint density at radius 3 is 2.40 bits per heavy atom. The molecule has 7 N–H and O–H groups in total. The normalized spacial score (nSPS) is 29.6. The molecule has 1 aromatic heterocycles. The summed E-state index contributed by atoms with van der Waals surface area (Å²) in [6.07, 6.45) is -3.99. The Morgan fingerprint density at radius 2 is 1.95 bits per heavy atom. The van der Waals surface area contributed by atoms with Gasteiger partial charge in [0.2, 0.25) is 0 Å². The monoisotopic (exact) mass is 286 g/mol. The third-order valence-corrected chi connectivity index (χ3v) is 3.05. The van der Waals surface area contributed by atoms with Gasteiger partial charge < -0.3 is 31.5 Å². The molecule has 10 heteroatoms. The third-order valence-electron chi connectivity index (χ3n) is 3.05. The number of imidazole rings is 1. The summed E-state index contributed by atoms with van der Waals surface area (Å²) < 4.78 is 6.22. The van der Waals surface area contributed by atoms with Gasteiger partial charge in [0.25, 0.3) is 11.8 Å². The Balaban J connectivity index is 2.44. The van der Waals surface area contributed by atoms with Gasteiger partial charge in [-0.2, -0.15) is 0 Å². The van der Waals surface area contributed by atoms with Crippen LogP contribution in [-0.2, 0) is 4.74 Å². The fraction of sp³-hybridized carbons (Fsp3) is 0.500. The number of aliphatic hydroxyl groups is 3. The number of rotatable bonds is 4. The second-order valence-electron chi connectivity index (χ2n) is 4.31. The molecule has 2 heterocycles. The molecule has 0 aromatic carbocycles. The van der Waals surface area contributed by atoms with Gasteiger partial charge in [-0.05, 0) is 0 Å². The smallest absolute Gasteiger partial charge is 0.269 e. The molecule has 1 aromatic rings. The van der Waals surface area contributed by atoms with Gasteiger partial charge in [0, 0.05) is 0 Å².